The largest absolute Gasteiger partial charge is 0.395 e. The highest BCUT2D eigenvalue weighted by Gasteiger charge is 2.46. The average Bonchev–Trinajstić information content (AvgIpc) is 2.75. The Hall–Kier alpha value is -1.47. The summed E-state index contributed by atoms with van der Waals surface area (Å²) in [7, 11) is 0. The number of carbonyl (C=O) groups excluding carboxylic acids is 1. The Labute approximate surface area is 130 Å². The highest BCUT2D eigenvalue weighted by molar-refractivity contribution is 5.72. The molecule has 0 aromatic heterocycles. The maximum Gasteiger partial charge on any atom is 0.216 e. The van der Waals surface area contributed by atoms with E-state index in [0.717, 1.165) is 12.0 Å². The molecule has 0 bridgehead atoms. The van der Waals surface area contributed by atoms with Gasteiger partial charge < -0.3 is 20.6 Å². The van der Waals surface area contributed by atoms with Crippen LogP contribution in [-0.2, 0) is 11.2 Å². The van der Waals surface area contributed by atoms with Crippen molar-refractivity contribution in [3.05, 3.63) is 35.9 Å². The number of aliphatic hydroxyl groups excluding tert-OH is 3. The van der Waals surface area contributed by atoms with Gasteiger partial charge in [-0.05, 0) is 12.0 Å². The first kappa shape index (κ1) is 16.9. The predicted molar refractivity (Wildman–Crippen MR) is 82.2 cm³/mol. The number of rotatable bonds is 6. The average molecular weight is 308 g/mol. The molecule has 1 amide bonds. The van der Waals surface area contributed by atoms with Gasteiger partial charge in [0.2, 0.25) is 5.91 Å². The molecule has 0 unspecified atom stereocenters. The summed E-state index contributed by atoms with van der Waals surface area (Å²) in [5, 5.41) is 32.5. The second-order valence-corrected chi connectivity index (χ2v) is 5.71. The normalized spacial score (nSPS) is 28.7. The molecule has 4 atom stereocenters. The van der Waals surface area contributed by atoms with Crippen LogP contribution in [0.25, 0.3) is 0 Å². The fourth-order valence-electron chi connectivity index (χ4n) is 3.03. The third kappa shape index (κ3) is 3.84. The van der Waals surface area contributed by atoms with Crippen LogP contribution >= 0.6 is 0 Å². The van der Waals surface area contributed by atoms with E-state index in [1.54, 1.807) is 0 Å². The van der Waals surface area contributed by atoms with Gasteiger partial charge in [-0.3, -0.25) is 9.69 Å². The molecule has 4 N–H and O–H groups in total. The fourth-order valence-corrected chi connectivity index (χ4v) is 3.03. The lowest BCUT2D eigenvalue weighted by Crippen LogP contribution is -2.47. The molecule has 1 aromatic rings. The molecule has 0 saturated carbocycles. The van der Waals surface area contributed by atoms with Crippen molar-refractivity contribution >= 4 is 5.91 Å². The molecular weight excluding hydrogens is 284 g/mol. The Morgan fingerprint density at radius 2 is 1.82 bits per heavy atom. The van der Waals surface area contributed by atoms with E-state index in [-0.39, 0.29) is 19.1 Å². The zero-order chi connectivity index (χ0) is 16.1. The van der Waals surface area contributed by atoms with Gasteiger partial charge in [0.05, 0.1) is 30.9 Å². The van der Waals surface area contributed by atoms with Gasteiger partial charge in [0, 0.05) is 20.0 Å². The second-order valence-electron chi connectivity index (χ2n) is 5.71. The summed E-state index contributed by atoms with van der Waals surface area (Å²) >= 11 is 0. The highest BCUT2D eigenvalue weighted by Crippen LogP contribution is 2.25. The van der Waals surface area contributed by atoms with Gasteiger partial charge in [0.15, 0.2) is 0 Å². The maximum absolute atomic E-state index is 11.1. The standard InChI is InChI=1S/C16H24N2O4/c1-11(20)17-9-13-15(21)16(22)14(10-19)18(13)8-7-12-5-3-2-4-6-12/h2-6,13-16,19,21-22H,7-10H2,1H3,(H,17,20)/t13-,14-,15-,16-/m1/s1. The molecule has 6 nitrogen and oxygen atoms in total. The molecule has 1 fully saturated rings. The number of benzene rings is 1. The van der Waals surface area contributed by atoms with Crippen LogP contribution in [0.2, 0.25) is 0 Å². The van der Waals surface area contributed by atoms with Crippen molar-refractivity contribution in [1.29, 1.82) is 0 Å². The van der Waals surface area contributed by atoms with E-state index < -0.39 is 24.3 Å². The van der Waals surface area contributed by atoms with Crippen molar-refractivity contribution in [2.75, 3.05) is 19.7 Å². The van der Waals surface area contributed by atoms with E-state index >= 15 is 0 Å². The molecule has 122 valence electrons. The zero-order valence-electron chi connectivity index (χ0n) is 12.7. The molecule has 1 aliphatic heterocycles. The Morgan fingerprint density at radius 3 is 2.41 bits per heavy atom. The number of likely N-dealkylation sites (tertiary alicyclic amines) is 1. The van der Waals surface area contributed by atoms with Crippen molar-refractivity contribution in [3.8, 4) is 0 Å². The summed E-state index contributed by atoms with van der Waals surface area (Å²) in [6.45, 7) is 2.02. The SMILES string of the molecule is CC(=O)NC[C@@H]1[C@@H](O)[C@H](O)[C@@H](CO)N1CCc1ccccc1. The van der Waals surface area contributed by atoms with Crippen molar-refractivity contribution in [3.63, 3.8) is 0 Å². The second kappa shape index (κ2) is 7.69. The Bertz CT molecular complexity index is 482. The first-order chi connectivity index (χ1) is 10.5. The highest BCUT2D eigenvalue weighted by atomic mass is 16.3. The van der Waals surface area contributed by atoms with E-state index in [4.69, 9.17) is 0 Å². The molecule has 0 radical (unpaired) electrons. The number of carbonyl (C=O) groups is 1. The van der Waals surface area contributed by atoms with Crippen molar-refractivity contribution in [2.45, 2.75) is 37.6 Å². The maximum atomic E-state index is 11.1. The third-order valence-electron chi connectivity index (χ3n) is 4.24. The predicted octanol–water partition coefficient (Wildman–Crippen LogP) is -0.868. The summed E-state index contributed by atoms with van der Waals surface area (Å²) in [6.07, 6.45) is -1.26. The van der Waals surface area contributed by atoms with Crippen LogP contribution in [0, 0.1) is 0 Å². The summed E-state index contributed by atoms with van der Waals surface area (Å²) in [6, 6.07) is 8.97. The Balaban J connectivity index is 2.06. The number of amides is 1. The summed E-state index contributed by atoms with van der Waals surface area (Å²) in [5.41, 5.74) is 1.15. The van der Waals surface area contributed by atoms with E-state index in [1.807, 2.05) is 35.2 Å². The molecule has 0 aliphatic carbocycles. The monoisotopic (exact) mass is 308 g/mol. The van der Waals surface area contributed by atoms with E-state index in [1.165, 1.54) is 6.92 Å². The summed E-state index contributed by atoms with van der Waals surface area (Å²) in [4.78, 5) is 13.0. The van der Waals surface area contributed by atoms with Gasteiger partial charge >= 0.3 is 0 Å². The molecule has 6 heteroatoms. The first-order valence-corrected chi connectivity index (χ1v) is 7.55. The lowest BCUT2D eigenvalue weighted by atomic mass is 10.1. The summed E-state index contributed by atoms with van der Waals surface area (Å²) in [5.74, 6) is -0.183. The molecule has 2 rings (SSSR count). The minimum absolute atomic E-state index is 0.183. The number of nitrogens with one attached hydrogen (secondary N) is 1. The van der Waals surface area contributed by atoms with Crippen molar-refractivity contribution in [1.82, 2.24) is 10.2 Å². The molecule has 1 heterocycles. The van der Waals surface area contributed by atoms with Crippen LogP contribution in [0.4, 0.5) is 0 Å². The van der Waals surface area contributed by atoms with Crippen molar-refractivity contribution in [2.24, 2.45) is 0 Å². The molecule has 1 aliphatic rings. The molecule has 0 spiro atoms. The minimum Gasteiger partial charge on any atom is -0.395 e. The van der Waals surface area contributed by atoms with Gasteiger partial charge in [-0.1, -0.05) is 30.3 Å². The van der Waals surface area contributed by atoms with Crippen LogP contribution in [0.5, 0.6) is 0 Å². The lowest BCUT2D eigenvalue weighted by molar-refractivity contribution is -0.119. The topological polar surface area (TPSA) is 93.0 Å². The molecule has 1 saturated heterocycles. The lowest BCUT2D eigenvalue weighted by Gasteiger charge is -2.29. The van der Waals surface area contributed by atoms with Crippen molar-refractivity contribution < 1.29 is 20.1 Å². The van der Waals surface area contributed by atoms with Crippen LogP contribution in [0.1, 0.15) is 12.5 Å². The van der Waals surface area contributed by atoms with Gasteiger partial charge in [-0.25, -0.2) is 0 Å². The smallest absolute Gasteiger partial charge is 0.216 e. The first-order valence-electron chi connectivity index (χ1n) is 7.55. The number of aliphatic hydroxyl groups is 3. The van der Waals surface area contributed by atoms with E-state index in [2.05, 4.69) is 5.32 Å². The minimum atomic E-state index is -1.01. The fraction of sp³-hybridized carbons (Fsp3) is 0.562. The van der Waals surface area contributed by atoms with Crippen LogP contribution < -0.4 is 5.32 Å². The molecule has 22 heavy (non-hydrogen) atoms. The van der Waals surface area contributed by atoms with Crippen LogP contribution in [0.3, 0.4) is 0 Å². The quantitative estimate of drug-likeness (QED) is 0.548. The Kier molecular flexibility index (Phi) is 5.90. The molecule has 1 aromatic carbocycles. The van der Waals surface area contributed by atoms with Gasteiger partial charge in [0.1, 0.15) is 0 Å². The van der Waals surface area contributed by atoms with Gasteiger partial charge in [0.25, 0.3) is 0 Å². The molecular formula is C16H24N2O4. The Morgan fingerprint density at radius 1 is 1.18 bits per heavy atom. The van der Waals surface area contributed by atoms with Gasteiger partial charge in [-0.15, -0.1) is 0 Å². The van der Waals surface area contributed by atoms with Crippen LogP contribution in [0.15, 0.2) is 30.3 Å². The summed E-state index contributed by atoms with van der Waals surface area (Å²) < 4.78 is 0. The van der Waals surface area contributed by atoms with Gasteiger partial charge in [-0.2, -0.15) is 0 Å². The number of nitrogens with zero attached hydrogens (tertiary/aromatic N) is 1. The van der Waals surface area contributed by atoms with E-state index in [0.29, 0.717) is 6.54 Å². The van der Waals surface area contributed by atoms with Crippen LogP contribution in [-0.4, -0.2) is 70.1 Å². The third-order valence-corrected chi connectivity index (χ3v) is 4.24. The van der Waals surface area contributed by atoms with E-state index in [9.17, 15) is 20.1 Å². The number of hydrogen-bond donors (Lipinski definition) is 4. The zero-order valence-corrected chi connectivity index (χ0v) is 12.7. The number of hydrogen-bond acceptors (Lipinski definition) is 5.